The van der Waals surface area contributed by atoms with E-state index in [1.807, 2.05) is 26.1 Å². The molecule has 0 spiro atoms. The quantitative estimate of drug-likeness (QED) is 0.783. The molecule has 2 rings (SSSR count). The molecule has 2 aromatic rings. The van der Waals surface area contributed by atoms with Gasteiger partial charge >= 0.3 is 0 Å². The summed E-state index contributed by atoms with van der Waals surface area (Å²) < 4.78 is 24.3. The summed E-state index contributed by atoms with van der Waals surface area (Å²) in [7, 11) is 1.87. The summed E-state index contributed by atoms with van der Waals surface area (Å²) in [4.78, 5) is 0. The number of benzene rings is 2. The van der Waals surface area contributed by atoms with E-state index < -0.39 is 0 Å². The first-order chi connectivity index (χ1) is 10.6. The van der Waals surface area contributed by atoms with Crippen LogP contribution >= 0.6 is 24.0 Å². The highest BCUT2D eigenvalue weighted by Gasteiger charge is 2.12. The molecule has 0 saturated carbocycles. The highest BCUT2D eigenvalue weighted by molar-refractivity contribution is 6.32. The molecular formula is C17H20Cl2FNO2. The molecule has 2 aromatic carbocycles. The smallest absolute Gasteiger partial charge is 0.180 e. The van der Waals surface area contributed by atoms with Crippen LogP contribution in [-0.4, -0.2) is 13.7 Å². The van der Waals surface area contributed by atoms with Crippen molar-refractivity contribution in [1.82, 2.24) is 5.32 Å². The predicted molar refractivity (Wildman–Crippen MR) is 93.4 cm³/mol. The maximum atomic E-state index is 12.9. The standard InChI is InChI=1S/C17H19ClFNO2.ClH/c1-3-21-16-9-13(10-20-2)8-15(18)17(16)22-11-12-4-6-14(19)7-5-12;/h4-9,20H,3,10-11H2,1-2H3;1H. The lowest BCUT2D eigenvalue weighted by atomic mass is 10.2. The zero-order valence-electron chi connectivity index (χ0n) is 13.1. The first kappa shape index (κ1) is 19.6. The Balaban J connectivity index is 0.00000264. The Morgan fingerprint density at radius 3 is 2.39 bits per heavy atom. The number of ether oxygens (including phenoxy) is 2. The van der Waals surface area contributed by atoms with E-state index in [0.717, 1.165) is 11.1 Å². The molecule has 23 heavy (non-hydrogen) atoms. The molecule has 0 amide bonds. The maximum absolute atomic E-state index is 12.9. The highest BCUT2D eigenvalue weighted by atomic mass is 35.5. The number of nitrogens with one attached hydrogen (secondary N) is 1. The number of hydrogen-bond acceptors (Lipinski definition) is 3. The monoisotopic (exact) mass is 359 g/mol. The molecule has 0 atom stereocenters. The van der Waals surface area contributed by atoms with Gasteiger partial charge in [-0.1, -0.05) is 23.7 Å². The second kappa shape index (κ2) is 9.60. The van der Waals surface area contributed by atoms with Crippen molar-refractivity contribution in [1.29, 1.82) is 0 Å². The third-order valence-electron chi connectivity index (χ3n) is 3.05. The Bertz CT molecular complexity index is 621. The van der Waals surface area contributed by atoms with Crippen molar-refractivity contribution >= 4 is 24.0 Å². The van der Waals surface area contributed by atoms with Crippen LogP contribution in [0.2, 0.25) is 5.02 Å². The molecule has 0 aliphatic carbocycles. The van der Waals surface area contributed by atoms with Crippen molar-refractivity contribution in [2.75, 3.05) is 13.7 Å². The normalized spacial score (nSPS) is 10.1. The minimum atomic E-state index is -0.270. The van der Waals surface area contributed by atoms with E-state index >= 15 is 0 Å². The minimum Gasteiger partial charge on any atom is -0.490 e. The number of halogens is 3. The van der Waals surface area contributed by atoms with E-state index in [1.165, 1.54) is 12.1 Å². The third-order valence-corrected chi connectivity index (χ3v) is 3.33. The minimum absolute atomic E-state index is 0. The zero-order chi connectivity index (χ0) is 15.9. The van der Waals surface area contributed by atoms with Gasteiger partial charge in [-0.05, 0) is 49.4 Å². The summed E-state index contributed by atoms with van der Waals surface area (Å²) >= 11 is 6.30. The van der Waals surface area contributed by atoms with Crippen LogP contribution in [0, 0.1) is 5.82 Å². The Morgan fingerprint density at radius 2 is 1.78 bits per heavy atom. The van der Waals surface area contributed by atoms with E-state index in [9.17, 15) is 4.39 Å². The molecule has 0 aromatic heterocycles. The molecule has 0 bridgehead atoms. The number of hydrogen-bond donors (Lipinski definition) is 1. The van der Waals surface area contributed by atoms with Crippen LogP contribution in [0.25, 0.3) is 0 Å². The summed E-state index contributed by atoms with van der Waals surface area (Å²) in [5.74, 6) is 0.850. The van der Waals surface area contributed by atoms with E-state index in [1.54, 1.807) is 12.1 Å². The van der Waals surface area contributed by atoms with Crippen molar-refractivity contribution in [2.24, 2.45) is 0 Å². The van der Waals surface area contributed by atoms with Crippen LogP contribution < -0.4 is 14.8 Å². The SMILES string of the molecule is CCOc1cc(CNC)cc(Cl)c1OCc1ccc(F)cc1.Cl. The highest BCUT2D eigenvalue weighted by Crippen LogP contribution is 2.37. The lowest BCUT2D eigenvalue weighted by Crippen LogP contribution is -2.07. The summed E-state index contributed by atoms with van der Waals surface area (Å²) in [6.45, 7) is 3.41. The molecule has 0 fully saturated rings. The van der Waals surface area contributed by atoms with Gasteiger partial charge in [0.1, 0.15) is 12.4 Å². The maximum Gasteiger partial charge on any atom is 0.180 e. The van der Waals surface area contributed by atoms with Gasteiger partial charge in [-0.3, -0.25) is 0 Å². The lowest BCUT2D eigenvalue weighted by Gasteiger charge is -2.15. The van der Waals surface area contributed by atoms with Gasteiger partial charge in [0.2, 0.25) is 0 Å². The van der Waals surface area contributed by atoms with Gasteiger partial charge in [0.05, 0.1) is 11.6 Å². The fourth-order valence-electron chi connectivity index (χ4n) is 2.07. The van der Waals surface area contributed by atoms with E-state index in [4.69, 9.17) is 21.1 Å². The van der Waals surface area contributed by atoms with Crippen LogP contribution in [0.4, 0.5) is 4.39 Å². The Morgan fingerprint density at radius 1 is 1.09 bits per heavy atom. The van der Waals surface area contributed by atoms with Gasteiger partial charge in [0, 0.05) is 6.54 Å². The van der Waals surface area contributed by atoms with Gasteiger partial charge in [0.25, 0.3) is 0 Å². The van der Waals surface area contributed by atoms with Gasteiger partial charge in [-0.15, -0.1) is 12.4 Å². The van der Waals surface area contributed by atoms with Crippen molar-refractivity contribution in [3.8, 4) is 11.5 Å². The molecule has 1 N–H and O–H groups in total. The largest absolute Gasteiger partial charge is 0.490 e. The summed E-state index contributed by atoms with van der Waals surface area (Å²) in [5.41, 5.74) is 1.88. The van der Waals surface area contributed by atoms with Crippen LogP contribution in [0.15, 0.2) is 36.4 Å². The molecule has 126 valence electrons. The third kappa shape index (κ3) is 5.57. The van der Waals surface area contributed by atoms with Crippen molar-refractivity contribution in [3.63, 3.8) is 0 Å². The molecule has 3 nitrogen and oxygen atoms in total. The van der Waals surface area contributed by atoms with E-state index in [0.29, 0.717) is 36.3 Å². The Hall–Kier alpha value is -1.49. The van der Waals surface area contributed by atoms with Gasteiger partial charge in [0.15, 0.2) is 11.5 Å². The van der Waals surface area contributed by atoms with Crippen LogP contribution in [0.1, 0.15) is 18.1 Å². The van der Waals surface area contributed by atoms with E-state index in [-0.39, 0.29) is 18.2 Å². The fourth-order valence-corrected chi connectivity index (χ4v) is 2.35. The molecule has 0 aliphatic rings. The lowest BCUT2D eigenvalue weighted by molar-refractivity contribution is 0.269. The summed E-state index contributed by atoms with van der Waals surface area (Å²) in [6, 6.07) is 9.92. The second-order valence-corrected chi connectivity index (χ2v) is 5.19. The summed E-state index contributed by atoms with van der Waals surface area (Å²) in [5, 5.41) is 3.57. The fraction of sp³-hybridized carbons (Fsp3) is 0.294. The molecule has 0 aliphatic heterocycles. The first-order valence-electron chi connectivity index (χ1n) is 7.11. The molecular weight excluding hydrogens is 340 g/mol. The van der Waals surface area contributed by atoms with E-state index in [2.05, 4.69) is 5.32 Å². The van der Waals surface area contributed by atoms with Gasteiger partial charge in [-0.2, -0.15) is 0 Å². The Kier molecular flexibility index (Phi) is 8.17. The van der Waals surface area contributed by atoms with Crippen LogP contribution in [-0.2, 0) is 13.2 Å². The number of rotatable bonds is 7. The molecule has 6 heteroatoms. The molecule has 0 unspecified atom stereocenters. The van der Waals surface area contributed by atoms with Crippen molar-refractivity contribution < 1.29 is 13.9 Å². The Labute approximate surface area is 147 Å². The van der Waals surface area contributed by atoms with Crippen molar-refractivity contribution in [3.05, 3.63) is 58.4 Å². The molecule has 0 heterocycles. The van der Waals surface area contributed by atoms with Crippen molar-refractivity contribution in [2.45, 2.75) is 20.1 Å². The van der Waals surface area contributed by atoms with Crippen LogP contribution in [0.3, 0.4) is 0 Å². The first-order valence-corrected chi connectivity index (χ1v) is 7.49. The predicted octanol–water partition coefficient (Wildman–Crippen LogP) is 4.60. The molecule has 0 radical (unpaired) electrons. The topological polar surface area (TPSA) is 30.5 Å². The summed E-state index contributed by atoms with van der Waals surface area (Å²) in [6.07, 6.45) is 0. The zero-order valence-corrected chi connectivity index (χ0v) is 14.6. The van der Waals surface area contributed by atoms with Gasteiger partial charge in [-0.25, -0.2) is 4.39 Å². The molecule has 0 saturated heterocycles. The van der Waals surface area contributed by atoms with Gasteiger partial charge < -0.3 is 14.8 Å². The average molecular weight is 360 g/mol. The van der Waals surface area contributed by atoms with Crippen LogP contribution in [0.5, 0.6) is 11.5 Å². The average Bonchev–Trinajstić information content (AvgIpc) is 2.49. The second-order valence-electron chi connectivity index (χ2n) is 4.78.